The van der Waals surface area contributed by atoms with Gasteiger partial charge in [0, 0.05) is 29.8 Å². The van der Waals surface area contributed by atoms with Gasteiger partial charge in [-0.3, -0.25) is 4.79 Å². The van der Waals surface area contributed by atoms with Crippen LogP contribution in [-0.2, 0) is 17.8 Å². The number of carbonyl (C=O) groups is 1. The van der Waals surface area contributed by atoms with Gasteiger partial charge in [-0.2, -0.15) is 0 Å². The summed E-state index contributed by atoms with van der Waals surface area (Å²) in [5.41, 5.74) is 7.76. The van der Waals surface area contributed by atoms with Gasteiger partial charge in [0.2, 0.25) is 5.91 Å². The van der Waals surface area contributed by atoms with Gasteiger partial charge in [0.05, 0.1) is 5.92 Å². The van der Waals surface area contributed by atoms with Gasteiger partial charge in [-0.25, -0.2) is 0 Å². The molecule has 144 valence electrons. The fraction of sp³-hybridized carbons (Fsp3) is 0.571. The number of rotatable bonds is 3. The normalized spacial score (nSPS) is 25.5. The zero-order valence-electron chi connectivity index (χ0n) is 16.1. The van der Waals surface area contributed by atoms with E-state index in [-0.39, 0.29) is 11.8 Å². The molecule has 2 heterocycles. The molecule has 1 amide bonds. The van der Waals surface area contributed by atoms with Crippen LogP contribution in [0.2, 0.25) is 0 Å². The predicted molar refractivity (Wildman–Crippen MR) is 106 cm³/mol. The number of aromatic nitrogens is 3. The lowest BCUT2D eigenvalue weighted by Gasteiger charge is -2.37. The molecular formula is C21H29N5O. The van der Waals surface area contributed by atoms with Gasteiger partial charge in [-0.15, -0.1) is 10.2 Å². The highest BCUT2D eigenvalue weighted by Crippen LogP contribution is 2.33. The molecule has 27 heavy (non-hydrogen) atoms. The molecular weight excluding hydrogens is 338 g/mol. The number of amides is 1. The van der Waals surface area contributed by atoms with Crippen molar-refractivity contribution in [2.24, 2.45) is 11.7 Å². The van der Waals surface area contributed by atoms with E-state index >= 15 is 0 Å². The van der Waals surface area contributed by atoms with Gasteiger partial charge in [-0.1, -0.05) is 31.4 Å². The lowest BCUT2D eigenvalue weighted by atomic mass is 9.74. The van der Waals surface area contributed by atoms with Gasteiger partial charge < -0.3 is 15.6 Å². The van der Waals surface area contributed by atoms with Crippen LogP contribution < -0.4 is 11.1 Å². The van der Waals surface area contributed by atoms with Crippen molar-refractivity contribution >= 4 is 11.6 Å². The minimum Gasteiger partial charge on any atom is -0.326 e. The van der Waals surface area contributed by atoms with Gasteiger partial charge >= 0.3 is 0 Å². The zero-order chi connectivity index (χ0) is 18.9. The number of nitrogens with two attached hydrogens (primary N) is 1. The molecule has 2 atom stereocenters. The third-order valence-electron chi connectivity index (χ3n) is 6.07. The molecule has 6 heteroatoms. The van der Waals surface area contributed by atoms with E-state index in [1.807, 2.05) is 31.2 Å². The second-order valence-electron chi connectivity index (χ2n) is 8.28. The summed E-state index contributed by atoms with van der Waals surface area (Å²) in [4.78, 5) is 12.8. The van der Waals surface area contributed by atoms with Crippen molar-refractivity contribution in [2.75, 3.05) is 5.32 Å². The Balaban J connectivity index is 1.55. The van der Waals surface area contributed by atoms with Gasteiger partial charge in [0.1, 0.15) is 5.82 Å². The molecule has 2 unspecified atom stereocenters. The lowest BCUT2D eigenvalue weighted by molar-refractivity contribution is -0.122. The summed E-state index contributed by atoms with van der Waals surface area (Å²) in [7, 11) is 0. The fourth-order valence-corrected chi connectivity index (χ4v) is 4.45. The van der Waals surface area contributed by atoms with Crippen LogP contribution in [0.15, 0.2) is 24.3 Å². The Labute approximate surface area is 160 Å². The number of anilines is 1. The van der Waals surface area contributed by atoms with E-state index in [4.69, 9.17) is 5.73 Å². The van der Waals surface area contributed by atoms with Crippen LogP contribution in [0.3, 0.4) is 0 Å². The first-order valence-corrected chi connectivity index (χ1v) is 10.2. The van der Waals surface area contributed by atoms with E-state index in [0.717, 1.165) is 68.0 Å². The monoisotopic (exact) mass is 367 g/mol. The molecule has 2 aliphatic rings. The molecule has 2 aromatic rings. The maximum Gasteiger partial charge on any atom is 0.229 e. The lowest BCUT2D eigenvalue weighted by Crippen LogP contribution is -2.51. The average molecular weight is 367 g/mol. The maximum atomic E-state index is 12.8. The summed E-state index contributed by atoms with van der Waals surface area (Å²) in [6.07, 6.45) is 8.48. The molecule has 0 radical (unpaired) electrons. The Morgan fingerprint density at radius 3 is 2.96 bits per heavy atom. The van der Waals surface area contributed by atoms with Crippen LogP contribution in [0.25, 0.3) is 11.4 Å². The van der Waals surface area contributed by atoms with Crippen molar-refractivity contribution in [1.29, 1.82) is 0 Å². The van der Waals surface area contributed by atoms with Crippen molar-refractivity contribution in [3.63, 3.8) is 0 Å². The highest BCUT2D eigenvalue weighted by molar-refractivity contribution is 5.94. The smallest absolute Gasteiger partial charge is 0.229 e. The molecule has 0 bridgehead atoms. The van der Waals surface area contributed by atoms with Crippen molar-refractivity contribution < 1.29 is 4.79 Å². The van der Waals surface area contributed by atoms with Crippen LogP contribution in [0.4, 0.5) is 5.69 Å². The molecule has 1 saturated carbocycles. The first kappa shape index (κ1) is 18.2. The summed E-state index contributed by atoms with van der Waals surface area (Å²) in [5.74, 6) is 1.85. The van der Waals surface area contributed by atoms with Crippen molar-refractivity contribution in [2.45, 2.75) is 70.4 Å². The van der Waals surface area contributed by atoms with E-state index in [1.165, 1.54) is 12.8 Å². The minimum absolute atomic E-state index is 0.0249. The standard InChI is InChI=1S/C21H29N5O/c1-21(22)12-5-4-10-17(21)20(27)23-16-9-7-8-15(14-16)19-25-24-18-11-3-2-6-13-26(18)19/h7-9,14,17H,2-6,10-13,22H2,1H3,(H,23,27). The number of nitrogens with one attached hydrogen (secondary N) is 1. The van der Waals surface area contributed by atoms with Crippen LogP contribution in [-0.4, -0.2) is 26.2 Å². The molecule has 1 fully saturated rings. The number of hydrogen-bond donors (Lipinski definition) is 2. The molecule has 1 aliphatic heterocycles. The summed E-state index contributed by atoms with van der Waals surface area (Å²) in [6, 6.07) is 7.92. The number of hydrogen-bond acceptors (Lipinski definition) is 4. The topological polar surface area (TPSA) is 85.8 Å². The Morgan fingerprint density at radius 1 is 1.22 bits per heavy atom. The Morgan fingerprint density at radius 2 is 2.11 bits per heavy atom. The quantitative estimate of drug-likeness (QED) is 0.869. The number of nitrogens with zero attached hydrogens (tertiary/aromatic N) is 3. The number of carbonyl (C=O) groups excluding carboxylic acids is 1. The largest absolute Gasteiger partial charge is 0.326 e. The maximum absolute atomic E-state index is 12.8. The summed E-state index contributed by atoms with van der Waals surface area (Å²) >= 11 is 0. The predicted octanol–water partition coefficient (Wildman–Crippen LogP) is 3.52. The van der Waals surface area contributed by atoms with Crippen molar-refractivity contribution in [3.8, 4) is 11.4 Å². The van der Waals surface area contributed by atoms with E-state index in [2.05, 4.69) is 20.1 Å². The average Bonchev–Trinajstić information content (AvgIpc) is 2.90. The molecule has 0 spiro atoms. The van der Waals surface area contributed by atoms with E-state index in [0.29, 0.717) is 0 Å². The Kier molecular flexibility index (Phi) is 5.00. The minimum atomic E-state index is -0.426. The first-order valence-electron chi connectivity index (χ1n) is 10.2. The van der Waals surface area contributed by atoms with E-state index < -0.39 is 5.54 Å². The number of benzene rings is 1. The van der Waals surface area contributed by atoms with Crippen molar-refractivity contribution in [1.82, 2.24) is 14.8 Å². The molecule has 1 aliphatic carbocycles. The first-order chi connectivity index (χ1) is 13.0. The van der Waals surface area contributed by atoms with Crippen LogP contribution in [0.1, 0.15) is 57.7 Å². The molecule has 4 rings (SSSR count). The van der Waals surface area contributed by atoms with Crippen LogP contribution in [0, 0.1) is 5.92 Å². The van der Waals surface area contributed by atoms with Crippen molar-refractivity contribution in [3.05, 3.63) is 30.1 Å². The third kappa shape index (κ3) is 3.76. The van der Waals surface area contributed by atoms with Gasteiger partial charge in [0.15, 0.2) is 5.82 Å². The summed E-state index contributed by atoms with van der Waals surface area (Å²) in [6.45, 7) is 2.96. The molecule has 0 saturated heterocycles. The van der Waals surface area contributed by atoms with Gasteiger partial charge in [0.25, 0.3) is 0 Å². The highest BCUT2D eigenvalue weighted by Gasteiger charge is 2.37. The van der Waals surface area contributed by atoms with Crippen LogP contribution >= 0.6 is 0 Å². The molecule has 1 aromatic carbocycles. The number of aryl methyl sites for hydroxylation is 1. The van der Waals surface area contributed by atoms with Gasteiger partial charge in [-0.05, 0) is 44.7 Å². The zero-order valence-corrected chi connectivity index (χ0v) is 16.1. The van der Waals surface area contributed by atoms with Crippen LogP contribution in [0.5, 0.6) is 0 Å². The molecule has 6 nitrogen and oxygen atoms in total. The second-order valence-corrected chi connectivity index (χ2v) is 8.28. The highest BCUT2D eigenvalue weighted by atomic mass is 16.1. The summed E-state index contributed by atoms with van der Waals surface area (Å²) in [5, 5.41) is 11.9. The Hall–Kier alpha value is -2.21. The third-order valence-corrected chi connectivity index (χ3v) is 6.07. The number of fused-ring (bicyclic) bond motifs is 1. The van der Waals surface area contributed by atoms with E-state index in [9.17, 15) is 4.79 Å². The Bertz CT molecular complexity index is 826. The molecule has 3 N–H and O–H groups in total. The fourth-order valence-electron chi connectivity index (χ4n) is 4.45. The molecule has 1 aromatic heterocycles. The second kappa shape index (κ2) is 7.43. The summed E-state index contributed by atoms with van der Waals surface area (Å²) < 4.78 is 2.23. The van der Waals surface area contributed by atoms with E-state index in [1.54, 1.807) is 0 Å². The SMILES string of the molecule is CC1(N)CCCCC1C(=O)Nc1cccc(-c2nnc3n2CCCCC3)c1.